The summed E-state index contributed by atoms with van der Waals surface area (Å²) >= 11 is 1.23. The number of hydrogen-bond donors (Lipinski definition) is 1. The Labute approximate surface area is 138 Å². The van der Waals surface area contributed by atoms with Crippen molar-refractivity contribution < 1.29 is 9.21 Å². The highest BCUT2D eigenvalue weighted by Gasteiger charge is 2.18. The fourth-order valence-corrected chi connectivity index (χ4v) is 2.61. The maximum atomic E-state index is 12.2. The minimum atomic E-state index is -0.348. The molecule has 3 rings (SSSR count). The van der Waals surface area contributed by atoms with E-state index in [9.17, 15) is 4.79 Å². The lowest BCUT2D eigenvalue weighted by Crippen LogP contribution is -2.22. The molecule has 0 saturated heterocycles. The molecule has 0 saturated carbocycles. The van der Waals surface area contributed by atoms with Gasteiger partial charge in [0.05, 0.1) is 5.25 Å². The SMILES string of the molecule is CC(Sc1nnc(-c2ccccc2)o1)C(=O)Nc1ccccc1. The Balaban J connectivity index is 1.63. The zero-order chi connectivity index (χ0) is 16.1. The van der Waals surface area contributed by atoms with Crippen LogP contribution in [0.25, 0.3) is 11.5 Å². The summed E-state index contributed by atoms with van der Waals surface area (Å²) in [4.78, 5) is 12.2. The van der Waals surface area contributed by atoms with E-state index in [0.717, 1.165) is 11.3 Å². The number of amides is 1. The van der Waals surface area contributed by atoms with Crippen LogP contribution in [0.5, 0.6) is 0 Å². The van der Waals surface area contributed by atoms with Crippen molar-refractivity contribution in [2.75, 3.05) is 5.32 Å². The number of aromatic nitrogens is 2. The second-order valence-electron chi connectivity index (χ2n) is 4.85. The molecule has 1 aromatic heterocycles. The van der Waals surface area contributed by atoms with Crippen LogP contribution in [-0.2, 0) is 4.79 Å². The number of hydrogen-bond acceptors (Lipinski definition) is 5. The number of thioether (sulfide) groups is 1. The van der Waals surface area contributed by atoms with Gasteiger partial charge in [0, 0.05) is 11.3 Å². The maximum Gasteiger partial charge on any atom is 0.277 e. The fraction of sp³-hybridized carbons (Fsp3) is 0.118. The summed E-state index contributed by atoms with van der Waals surface area (Å²) in [5, 5.41) is 10.9. The van der Waals surface area contributed by atoms with Gasteiger partial charge in [0.2, 0.25) is 11.8 Å². The molecule has 1 unspecified atom stereocenters. The van der Waals surface area contributed by atoms with E-state index < -0.39 is 0 Å². The largest absolute Gasteiger partial charge is 0.411 e. The summed E-state index contributed by atoms with van der Waals surface area (Å²) in [7, 11) is 0. The van der Waals surface area contributed by atoms with E-state index in [1.54, 1.807) is 6.92 Å². The first-order valence-electron chi connectivity index (χ1n) is 7.14. The molecule has 0 bridgehead atoms. The van der Waals surface area contributed by atoms with Crippen LogP contribution in [0.1, 0.15) is 6.92 Å². The molecular weight excluding hydrogens is 310 g/mol. The molecule has 5 nitrogen and oxygen atoms in total. The van der Waals surface area contributed by atoms with Gasteiger partial charge in [0.25, 0.3) is 5.22 Å². The van der Waals surface area contributed by atoms with Gasteiger partial charge in [0.15, 0.2) is 0 Å². The van der Waals surface area contributed by atoms with Gasteiger partial charge in [-0.1, -0.05) is 48.2 Å². The minimum Gasteiger partial charge on any atom is -0.411 e. The van der Waals surface area contributed by atoms with E-state index in [0.29, 0.717) is 11.1 Å². The van der Waals surface area contributed by atoms with Crippen LogP contribution in [0.15, 0.2) is 70.3 Å². The molecule has 6 heteroatoms. The smallest absolute Gasteiger partial charge is 0.277 e. The Kier molecular flexibility index (Phi) is 4.73. The number of carbonyl (C=O) groups is 1. The van der Waals surface area contributed by atoms with Crippen molar-refractivity contribution in [2.24, 2.45) is 0 Å². The number of nitrogens with zero attached hydrogens (tertiary/aromatic N) is 2. The van der Waals surface area contributed by atoms with Crippen molar-refractivity contribution in [2.45, 2.75) is 17.4 Å². The van der Waals surface area contributed by atoms with Crippen molar-refractivity contribution >= 4 is 23.4 Å². The van der Waals surface area contributed by atoms with Crippen LogP contribution in [0.3, 0.4) is 0 Å². The molecule has 1 amide bonds. The lowest BCUT2D eigenvalue weighted by Gasteiger charge is -2.09. The normalized spacial score (nSPS) is 11.9. The number of nitrogens with one attached hydrogen (secondary N) is 1. The predicted octanol–water partition coefficient (Wildman–Crippen LogP) is 3.86. The number of carbonyl (C=O) groups excluding carboxylic acids is 1. The number of rotatable bonds is 5. The van der Waals surface area contributed by atoms with Crippen molar-refractivity contribution in [1.29, 1.82) is 0 Å². The highest BCUT2D eigenvalue weighted by Crippen LogP contribution is 2.26. The van der Waals surface area contributed by atoms with E-state index in [4.69, 9.17) is 4.42 Å². The molecule has 0 fully saturated rings. The summed E-state index contributed by atoms with van der Waals surface area (Å²) < 4.78 is 5.60. The number of para-hydroxylation sites is 1. The van der Waals surface area contributed by atoms with E-state index >= 15 is 0 Å². The minimum absolute atomic E-state index is 0.110. The second-order valence-corrected chi connectivity index (χ2v) is 6.15. The monoisotopic (exact) mass is 325 g/mol. The Morgan fingerprint density at radius 2 is 1.70 bits per heavy atom. The van der Waals surface area contributed by atoms with E-state index in [2.05, 4.69) is 15.5 Å². The highest BCUT2D eigenvalue weighted by atomic mass is 32.2. The summed E-state index contributed by atoms with van der Waals surface area (Å²) in [5.74, 6) is 0.337. The van der Waals surface area contributed by atoms with Gasteiger partial charge in [-0.25, -0.2) is 0 Å². The second kappa shape index (κ2) is 7.11. The average Bonchev–Trinajstić information content (AvgIpc) is 3.05. The standard InChI is InChI=1S/C17H15N3O2S/c1-12(15(21)18-14-10-6-3-7-11-14)23-17-20-19-16(22-17)13-8-4-2-5-9-13/h2-12H,1H3,(H,18,21). The van der Waals surface area contributed by atoms with Crippen LogP contribution in [0, 0.1) is 0 Å². The molecule has 116 valence electrons. The summed E-state index contributed by atoms with van der Waals surface area (Å²) in [5.41, 5.74) is 1.62. The van der Waals surface area contributed by atoms with Crippen LogP contribution in [-0.4, -0.2) is 21.4 Å². The third kappa shape index (κ3) is 3.98. The highest BCUT2D eigenvalue weighted by molar-refractivity contribution is 8.00. The molecule has 1 atom stereocenters. The van der Waals surface area contributed by atoms with E-state index in [1.807, 2.05) is 60.7 Å². The molecule has 3 aromatic rings. The van der Waals surface area contributed by atoms with E-state index in [1.165, 1.54) is 11.8 Å². The van der Waals surface area contributed by atoms with Crippen molar-refractivity contribution in [3.05, 3.63) is 60.7 Å². The molecular formula is C17H15N3O2S. The van der Waals surface area contributed by atoms with Crippen molar-refractivity contribution in [1.82, 2.24) is 10.2 Å². The third-order valence-corrected chi connectivity index (χ3v) is 4.05. The lowest BCUT2D eigenvalue weighted by atomic mass is 10.2. The molecule has 0 aliphatic heterocycles. The van der Waals surface area contributed by atoms with Crippen LogP contribution >= 0.6 is 11.8 Å². The summed E-state index contributed by atoms with van der Waals surface area (Å²) in [6.07, 6.45) is 0. The third-order valence-electron chi connectivity index (χ3n) is 3.12. The summed E-state index contributed by atoms with van der Waals surface area (Å²) in [6, 6.07) is 18.9. The first kappa shape index (κ1) is 15.3. The molecule has 2 aromatic carbocycles. The Hall–Kier alpha value is -2.60. The van der Waals surface area contributed by atoms with Crippen molar-refractivity contribution in [3.8, 4) is 11.5 Å². The van der Waals surface area contributed by atoms with Gasteiger partial charge in [-0.05, 0) is 31.2 Å². The molecule has 0 aliphatic carbocycles. The number of anilines is 1. The van der Waals surface area contributed by atoms with Crippen molar-refractivity contribution in [3.63, 3.8) is 0 Å². The molecule has 1 N–H and O–H groups in total. The van der Waals surface area contributed by atoms with Gasteiger partial charge < -0.3 is 9.73 Å². The average molecular weight is 325 g/mol. The zero-order valence-electron chi connectivity index (χ0n) is 12.5. The molecule has 23 heavy (non-hydrogen) atoms. The Morgan fingerprint density at radius 1 is 1.04 bits per heavy atom. The molecule has 0 spiro atoms. The quantitative estimate of drug-likeness (QED) is 0.722. The fourth-order valence-electron chi connectivity index (χ4n) is 1.92. The molecule has 0 aliphatic rings. The number of benzene rings is 2. The van der Waals surface area contributed by atoms with Gasteiger partial charge in [-0.2, -0.15) is 0 Å². The first-order valence-corrected chi connectivity index (χ1v) is 8.02. The van der Waals surface area contributed by atoms with Gasteiger partial charge >= 0.3 is 0 Å². The van der Waals surface area contributed by atoms with Crippen LogP contribution in [0.2, 0.25) is 0 Å². The molecule has 0 radical (unpaired) electrons. The lowest BCUT2D eigenvalue weighted by molar-refractivity contribution is -0.115. The van der Waals surface area contributed by atoms with Crippen LogP contribution < -0.4 is 5.32 Å². The Morgan fingerprint density at radius 3 is 2.39 bits per heavy atom. The van der Waals surface area contributed by atoms with Crippen LogP contribution in [0.4, 0.5) is 5.69 Å². The van der Waals surface area contributed by atoms with Gasteiger partial charge in [-0.15, -0.1) is 10.2 Å². The zero-order valence-corrected chi connectivity index (χ0v) is 13.3. The topological polar surface area (TPSA) is 68.0 Å². The Bertz CT molecular complexity index is 775. The molecule has 1 heterocycles. The van der Waals surface area contributed by atoms with Gasteiger partial charge in [0.1, 0.15) is 0 Å². The van der Waals surface area contributed by atoms with Gasteiger partial charge in [-0.3, -0.25) is 4.79 Å². The predicted molar refractivity (Wildman–Crippen MR) is 90.1 cm³/mol. The summed E-state index contributed by atoms with van der Waals surface area (Å²) in [6.45, 7) is 1.80. The maximum absolute atomic E-state index is 12.2. The first-order chi connectivity index (χ1) is 11.2. The van der Waals surface area contributed by atoms with E-state index in [-0.39, 0.29) is 11.2 Å².